The van der Waals surface area contributed by atoms with Gasteiger partial charge < -0.3 is 10.2 Å². The van der Waals surface area contributed by atoms with Crippen LogP contribution in [0.5, 0.6) is 0 Å². The molecule has 2 N–H and O–H groups in total. The Hall–Kier alpha value is -2.06. The van der Waals surface area contributed by atoms with Crippen LogP contribution in [0.3, 0.4) is 0 Å². The highest BCUT2D eigenvalue weighted by molar-refractivity contribution is 5.87. The minimum Gasteiger partial charge on any atom is -0.459 e. The number of fused-ring (bicyclic) bond motifs is 1. The lowest BCUT2D eigenvalue weighted by Crippen LogP contribution is -1.97. The van der Waals surface area contributed by atoms with E-state index >= 15 is 0 Å². The van der Waals surface area contributed by atoms with E-state index in [0.29, 0.717) is 6.54 Å². The van der Waals surface area contributed by atoms with Gasteiger partial charge in [-0.2, -0.15) is 0 Å². The Morgan fingerprint density at radius 2 is 1.79 bits per heavy atom. The molecule has 0 aliphatic rings. The zero-order chi connectivity index (χ0) is 13.2. The topological polar surface area (TPSA) is 39.2 Å². The third kappa shape index (κ3) is 2.04. The smallest absolute Gasteiger partial charge is 0.134 e. The molecule has 3 rings (SSSR count). The minimum atomic E-state index is 0.457. The number of hydrogen-bond acceptors (Lipinski definition) is 2. The van der Waals surface area contributed by atoms with Gasteiger partial charge in [0.25, 0.3) is 0 Å². The summed E-state index contributed by atoms with van der Waals surface area (Å²) in [6, 6.07) is 16.7. The van der Waals surface area contributed by atoms with Crippen molar-refractivity contribution in [2.24, 2.45) is 5.73 Å². The maximum Gasteiger partial charge on any atom is 0.134 e. The Morgan fingerprint density at radius 3 is 2.47 bits per heavy atom. The minimum absolute atomic E-state index is 0.457. The molecule has 2 heteroatoms. The van der Waals surface area contributed by atoms with Crippen molar-refractivity contribution >= 4 is 11.0 Å². The molecule has 0 fully saturated rings. The molecule has 96 valence electrons. The van der Waals surface area contributed by atoms with Gasteiger partial charge in [-0.1, -0.05) is 43.3 Å². The fourth-order valence-electron chi connectivity index (χ4n) is 2.56. The van der Waals surface area contributed by atoms with Crippen molar-refractivity contribution in [1.82, 2.24) is 0 Å². The number of aryl methyl sites for hydroxylation is 1. The van der Waals surface area contributed by atoms with E-state index in [9.17, 15) is 0 Å². The van der Waals surface area contributed by atoms with Gasteiger partial charge in [-0.25, -0.2) is 0 Å². The molecule has 0 bridgehead atoms. The predicted molar refractivity (Wildman–Crippen MR) is 78.9 cm³/mol. The summed E-state index contributed by atoms with van der Waals surface area (Å²) in [5.41, 5.74) is 10.3. The molecule has 0 aliphatic carbocycles. The van der Waals surface area contributed by atoms with Gasteiger partial charge in [0.2, 0.25) is 0 Å². The molecule has 0 atom stereocenters. The Kier molecular flexibility index (Phi) is 3.10. The highest BCUT2D eigenvalue weighted by Crippen LogP contribution is 2.30. The first-order valence-electron chi connectivity index (χ1n) is 6.63. The first-order chi connectivity index (χ1) is 9.33. The van der Waals surface area contributed by atoms with Gasteiger partial charge in [0, 0.05) is 10.9 Å². The first kappa shape index (κ1) is 12.0. The van der Waals surface area contributed by atoms with Crippen LogP contribution < -0.4 is 5.73 Å². The van der Waals surface area contributed by atoms with Crippen molar-refractivity contribution in [2.45, 2.75) is 19.9 Å². The van der Waals surface area contributed by atoms with E-state index in [1.807, 2.05) is 12.1 Å². The summed E-state index contributed by atoms with van der Waals surface area (Å²) >= 11 is 0. The molecule has 2 aromatic carbocycles. The van der Waals surface area contributed by atoms with Crippen LogP contribution in [0, 0.1) is 0 Å². The van der Waals surface area contributed by atoms with E-state index in [1.54, 1.807) is 0 Å². The van der Waals surface area contributed by atoms with Crippen LogP contribution >= 0.6 is 0 Å². The van der Waals surface area contributed by atoms with Crippen LogP contribution in [0.1, 0.15) is 18.2 Å². The van der Waals surface area contributed by atoms with E-state index in [-0.39, 0.29) is 0 Å². The van der Waals surface area contributed by atoms with Gasteiger partial charge in [0.1, 0.15) is 11.3 Å². The van der Waals surface area contributed by atoms with Gasteiger partial charge in [-0.05, 0) is 29.7 Å². The van der Waals surface area contributed by atoms with Crippen molar-refractivity contribution in [1.29, 1.82) is 0 Å². The Morgan fingerprint density at radius 1 is 1.00 bits per heavy atom. The largest absolute Gasteiger partial charge is 0.459 e. The van der Waals surface area contributed by atoms with E-state index in [0.717, 1.165) is 17.8 Å². The number of nitrogens with two attached hydrogens (primary N) is 1. The van der Waals surface area contributed by atoms with E-state index in [2.05, 4.69) is 43.3 Å². The molecule has 0 radical (unpaired) electrons. The summed E-state index contributed by atoms with van der Waals surface area (Å²) in [4.78, 5) is 0. The maximum atomic E-state index is 5.81. The maximum absolute atomic E-state index is 5.81. The van der Waals surface area contributed by atoms with Crippen LogP contribution in [0.2, 0.25) is 0 Å². The van der Waals surface area contributed by atoms with E-state index in [4.69, 9.17) is 10.2 Å². The van der Waals surface area contributed by atoms with Crippen molar-refractivity contribution in [2.75, 3.05) is 0 Å². The van der Waals surface area contributed by atoms with Crippen molar-refractivity contribution < 1.29 is 4.42 Å². The summed E-state index contributed by atoms with van der Waals surface area (Å²) in [6.45, 7) is 2.59. The van der Waals surface area contributed by atoms with Gasteiger partial charge in [-0.3, -0.25) is 0 Å². The number of furan rings is 1. The number of hydrogen-bond donors (Lipinski definition) is 1. The Labute approximate surface area is 112 Å². The van der Waals surface area contributed by atoms with Crippen molar-refractivity contribution in [3.8, 4) is 11.1 Å². The lowest BCUT2D eigenvalue weighted by Gasteiger charge is -2.02. The predicted octanol–water partition coefficient (Wildman–Crippen LogP) is 4.12. The van der Waals surface area contributed by atoms with Crippen LogP contribution in [0.4, 0.5) is 0 Å². The van der Waals surface area contributed by atoms with E-state index < -0.39 is 0 Å². The Balaban J connectivity index is 2.20. The van der Waals surface area contributed by atoms with Gasteiger partial charge in [0.05, 0.1) is 6.54 Å². The van der Waals surface area contributed by atoms with Crippen LogP contribution in [0.15, 0.2) is 52.9 Å². The van der Waals surface area contributed by atoms with Crippen LogP contribution in [-0.4, -0.2) is 0 Å². The molecular weight excluding hydrogens is 234 g/mol. The summed E-state index contributed by atoms with van der Waals surface area (Å²) in [5, 5.41) is 1.18. The molecule has 0 unspecified atom stereocenters. The molecule has 3 aromatic rings. The molecule has 2 nitrogen and oxygen atoms in total. The fraction of sp³-hybridized carbons (Fsp3) is 0.176. The van der Waals surface area contributed by atoms with E-state index in [1.165, 1.54) is 22.1 Å². The quantitative estimate of drug-likeness (QED) is 0.760. The fourth-order valence-corrected chi connectivity index (χ4v) is 2.56. The molecule has 19 heavy (non-hydrogen) atoms. The average Bonchev–Trinajstić information content (AvgIpc) is 2.84. The lowest BCUT2D eigenvalue weighted by atomic mass is 10.0. The SMILES string of the molecule is CCc1c(CN)oc2ccc(-c3ccccc3)cc12. The first-order valence-corrected chi connectivity index (χ1v) is 6.63. The lowest BCUT2D eigenvalue weighted by molar-refractivity contribution is 0.546. The molecule has 0 saturated carbocycles. The number of benzene rings is 2. The highest BCUT2D eigenvalue weighted by atomic mass is 16.3. The average molecular weight is 251 g/mol. The van der Waals surface area contributed by atoms with Gasteiger partial charge in [0.15, 0.2) is 0 Å². The number of rotatable bonds is 3. The van der Waals surface area contributed by atoms with Crippen molar-refractivity contribution in [3.05, 3.63) is 59.9 Å². The van der Waals surface area contributed by atoms with Gasteiger partial charge >= 0.3 is 0 Å². The second kappa shape index (κ2) is 4.90. The molecule has 0 aliphatic heterocycles. The summed E-state index contributed by atoms with van der Waals surface area (Å²) in [5.74, 6) is 0.905. The second-order valence-corrected chi connectivity index (χ2v) is 4.64. The molecule has 0 spiro atoms. The van der Waals surface area contributed by atoms with Gasteiger partial charge in [-0.15, -0.1) is 0 Å². The normalized spacial score (nSPS) is 11.1. The third-order valence-electron chi connectivity index (χ3n) is 3.52. The van der Waals surface area contributed by atoms with Crippen LogP contribution in [-0.2, 0) is 13.0 Å². The molecule has 0 saturated heterocycles. The standard InChI is InChI=1S/C17H17NO/c1-2-14-15-10-13(12-6-4-3-5-7-12)8-9-16(15)19-17(14)11-18/h3-10H,2,11,18H2,1H3. The summed E-state index contributed by atoms with van der Waals surface area (Å²) < 4.78 is 5.81. The Bertz CT molecular complexity index is 698. The molecular formula is C17H17NO. The van der Waals surface area contributed by atoms with Crippen molar-refractivity contribution in [3.63, 3.8) is 0 Å². The third-order valence-corrected chi connectivity index (χ3v) is 3.52. The summed E-state index contributed by atoms with van der Waals surface area (Å²) in [7, 11) is 0. The summed E-state index contributed by atoms with van der Waals surface area (Å²) in [6.07, 6.45) is 0.942. The molecule has 0 amide bonds. The zero-order valence-electron chi connectivity index (χ0n) is 11.0. The van der Waals surface area contributed by atoms with Crippen LogP contribution in [0.25, 0.3) is 22.1 Å². The monoisotopic (exact) mass is 251 g/mol. The zero-order valence-corrected chi connectivity index (χ0v) is 11.0. The highest BCUT2D eigenvalue weighted by Gasteiger charge is 2.12. The molecule has 1 heterocycles. The second-order valence-electron chi connectivity index (χ2n) is 4.64. The molecule has 1 aromatic heterocycles.